The summed E-state index contributed by atoms with van der Waals surface area (Å²) in [5.74, 6) is 0.916. The van der Waals surface area contributed by atoms with Crippen molar-refractivity contribution in [1.82, 2.24) is 19.9 Å². The second-order valence-electron chi connectivity index (χ2n) is 6.39. The summed E-state index contributed by atoms with van der Waals surface area (Å²) in [7, 11) is 0. The molecule has 24 heavy (non-hydrogen) atoms. The maximum Gasteiger partial charge on any atom is 0.183 e. The maximum atomic E-state index is 11.4. The molecule has 0 amide bonds. The van der Waals surface area contributed by atoms with Crippen molar-refractivity contribution in [3.05, 3.63) is 48.6 Å². The molecule has 2 rings (SSSR count). The Hall–Kier alpha value is -2.21. The van der Waals surface area contributed by atoms with Gasteiger partial charge in [-0.3, -0.25) is 19.7 Å². The van der Waals surface area contributed by atoms with E-state index in [1.54, 1.807) is 24.8 Å². The van der Waals surface area contributed by atoms with E-state index < -0.39 is 6.10 Å². The first kappa shape index (κ1) is 19.8. The topological polar surface area (TPSA) is 88.9 Å². The minimum Gasteiger partial charge on any atom is -0.387 e. The molecule has 0 saturated heterocycles. The Kier molecular flexibility index (Phi) is 8.71. The number of nitrogens with zero attached hydrogens (tertiary/aromatic N) is 4. The lowest BCUT2D eigenvalue weighted by Crippen LogP contribution is -2.05. The summed E-state index contributed by atoms with van der Waals surface area (Å²) in [6.07, 6.45) is 10.2. The van der Waals surface area contributed by atoms with Crippen molar-refractivity contribution in [2.75, 3.05) is 0 Å². The van der Waals surface area contributed by atoms with E-state index >= 15 is 0 Å². The van der Waals surface area contributed by atoms with Gasteiger partial charge >= 0.3 is 0 Å². The summed E-state index contributed by atoms with van der Waals surface area (Å²) in [4.78, 5) is 27.0. The standard InChI is InChI=1S/C9H14N2O.C9H12N2O/c2*1-7(2)5-9(12)8-6-10-3-4-11-8/h3-4,6-7,9,12H,5H2,1-2H3;3-4,6-7H,5H2,1-2H3. The molecule has 0 aliphatic carbocycles. The van der Waals surface area contributed by atoms with E-state index in [-0.39, 0.29) is 5.78 Å². The summed E-state index contributed by atoms with van der Waals surface area (Å²) in [5.41, 5.74) is 1.12. The fraction of sp³-hybridized carbons (Fsp3) is 0.500. The minimum atomic E-state index is -0.473. The van der Waals surface area contributed by atoms with Gasteiger partial charge in [0.2, 0.25) is 0 Å². The lowest BCUT2D eigenvalue weighted by molar-refractivity contribution is 0.0962. The van der Waals surface area contributed by atoms with E-state index in [9.17, 15) is 9.90 Å². The molecule has 2 aromatic heterocycles. The van der Waals surface area contributed by atoms with Crippen molar-refractivity contribution >= 4 is 5.78 Å². The molecule has 2 heterocycles. The molecule has 2 aromatic rings. The highest BCUT2D eigenvalue weighted by Crippen LogP contribution is 2.17. The highest BCUT2D eigenvalue weighted by molar-refractivity contribution is 5.93. The molecule has 0 aromatic carbocycles. The molecule has 1 atom stereocenters. The van der Waals surface area contributed by atoms with Gasteiger partial charge in [0.25, 0.3) is 0 Å². The van der Waals surface area contributed by atoms with E-state index in [4.69, 9.17) is 0 Å². The quantitative estimate of drug-likeness (QED) is 0.818. The number of aliphatic hydroxyl groups is 1. The van der Waals surface area contributed by atoms with Crippen LogP contribution in [0.15, 0.2) is 37.2 Å². The van der Waals surface area contributed by atoms with Crippen LogP contribution in [-0.2, 0) is 0 Å². The van der Waals surface area contributed by atoms with Crippen LogP contribution in [-0.4, -0.2) is 30.8 Å². The summed E-state index contributed by atoms with van der Waals surface area (Å²) >= 11 is 0. The van der Waals surface area contributed by atoms with Crippen LogP contribution in [0.1, 0.15) is 62.8 Å². The molecule has 6 heteroatoms. The van der Waals surface area contributed by atoms with Gasteiger partial charge in [0, 0.05) is 31.2 Å². The Morgan fingerprint density at radius 2 is 1.58 bits per heavy atom. The van der Waals surface area contributed by atoms with Crippen molar-refractivity contribution in [3.63, 3.8) is 0 Å². The average Bonchev–Trinajstić information content (AvgIpc) is 2.56. The van der Waals surface area contributed by atoms with Crippen LogP contribution in [0.25, 0.3) is 0 Å². The fourth-order valence-electron chi connectivity index (χ4n) is 1.97. The number of aliphatic hydroxyl groups excluding tert-OH is 1. The van der Waals surface area contributed by atoms with E-state index in [1.807, 2.05) is 13.8 Å². The minimum absolute atomic E-state index is 0.0677. The van der Waals surface area contributed by atoms with Crippen molar-refractivity contribution in [2.45, 2.75) is 46.6 Å². The van der Waals surface area contributed by atoms with Crippen molar-refractivity contribution in [3.8, 4) is 0 Å². The summed E-state index contributed by atoms with van der Waals surface area (Å²) in [5, 5.41) is 9.59. The molecule has 0 fully saturated rings. The van der Waals surface area contributed by atoms with E-state index in [0.29, 0.717) is 29.6 Å². The zero-order valence-corrected chi connectivity index (χ0v) is 14.8. The Morgan fingerprint density at radius 3 is 2.04 bits per heavy atom. The largest absolute Gasteiger partial charge is 0.387 e. The molecule has 0 spiro atoms. The molecular weight excluding hydrogens is 304 g/mol. The number of carbonyl (C=O) groups excluding carboxylic acids is 1. The van der Waals surface area contributed by atoms with Gasteiger partial charge in [-0.2, -0.15) is 0 Å². The second kappa shape index (κ2) is 10.5. The maximum absolute atomic E-state index is 11.4. The van der Waals surface area contributed by atoms with E-state index in [2.05, 4.69) is 33.8 Å². The number of Topliss-reactive ketones (excluding diaryl/α,β-unsaturated/α-hetero) is 1. The number of aromatic nitrogens is 4. The average molecular weight is 330 g/mol. The molecule has 0 saturated carbocycles. The molecule has 1 N–H and O–H groups in total. The summed E-state index contributed by atoms with van der Waals surface area (Å²) in [6, 6.07) is 0. The molecular formula is C18H26N4O2. The number of hydrogen-bond acceptors (Lipinski definition) is 6. The van der Waals surface area contributed by atoms with Crippen molar-refractivity contribution < 1.29 is 9.90 Å². The van der Waals surface area contributed by atoms with Crippen LogP contribution >= 0.6 is 0 Å². The zero-order valence-electron chi connectivity index (χ0n) is 14.8. The van der Waals surface area contributed by atoms with Crippen LogP contribution < -0.4 is 0 Å². The zero-order chi connectivity index (χ0) is 17.9. The lowest BCUT2D eigenvalue weighted by atomic mass is 10.0. The molecule has 1 unspecified atom stereocenters. The third kappa shape index (κ3) is 7.87. The van der Waals surface area contributed by atoms with Gasteiger partial charge in [-0.05, 0) is 18.3 Å². The predicted molar refractivity (Wildman–Crippen MR) is 92.3 cm³/mol. The van der Waals surface area contributed by atoms with Crippen LogP contribution in [0.2, 0.25) is 0 Å². The summed E-state index contributed by atoms with van der Waals surface area (Å²) in [6.45, 7) is 8.15. The molecule has 6 nitrogen and oxygen atoms in total. The molecule has 0 bridgehead atoms. The smallest absolute Gasteiger partial charge is 0.183 e. The molecule has 130 valence electrons. The lowest BCUT2D eigenvalue weighted by Gasteiger charge is -2.11. The predicted octanol–water partition coefficient (Wildman–Crippen LogP) is 3.26. The van der Waals surface area contributed by atoms with Gasteiger partial charge < -0.3 is 5.11 Å². The van der Waals surface area contributed by atoms with Crippen LogP contribution in [0.3, 0.4) is 0 Å². The Labute approximate surface area is 143 Å². The van der Waals surface area contributed by atoms with Crippen LogP contribution in [0.5, 0.6) is 0 Å². The van der Waals surface area contributed by atoms with Gasteiger partial charge in [-0.15, -0.1) is 0 Å². The third-order valence-electron chi connectivity index (χ3n) is 3.06. The number of ketones is 1. The van der Waals surface area contributed by atoms with Gasteiger partial charge in [0.1, 0.15) is 5.69 Å². The number of hydrogen-bond donors (Lipinski definition) is 1. The van der Waals surface area contributed by atoms with Gasteiger partial charge in [-0.25, -0.2) is 4.98 Å². The Morgan fingerprint density at radius 1 is 0.958 bits per heavy atom. The number of carbonyl (C=O) groups is 1. The molecule has 0 aliphatic rings. The monoisotopic (exact) mass is 330 g/mol. The summed E-state index contributed by atoms with van der Waals surface area (Å²) < 4.78 is 0. The second-order valence-corrected chi connectivity index (χ2v) is 6.39. The molecule has 0 aliphatic heterocycles. The first-order chi connectivity index (χ1) is 11.4. The van der Waals surface area contributed by atoms with Gasteiger partial charge in [-0.1, -0.05) is 27.7 Å². The Bertz CT molecular complexity index is 588. The van der Waals surface area contributed by atoms with Gasteiger partial charge in [0.15, 0.2) is 5.78 Å². The van der Waals surface area contributed by atoms with E-state index in [0.717, 1.165) is 6.42 Å². The first-order valence-electron chi connectivity index (χ1n) is 8.13. The van der Waals surface area contributed by atoms with Crippen LogP contribution in [0, 0.1) is 11.8 Å². The highest BCUT2D eigenvalue weighted by atomic mass is 16.3. The number of rotatable bonds is 6. The molecule has 0 radical (unpaired) electrons. The fourth-order valence-corrected chi connectivity index (χ4v) is 1.97. The third-order valence-corrected chi connectivity index (χ3v) is 3.06. The van der Waals surface area contributed by atoms with E-state index in [1.165, 1.54) is 12.4 Å². The SMILES string of the molecule is CC(C)CC(=O)c1cnccn1.CC(C)CC(O)c1cnccn1. The highest BCUT2D eigenvalue weighted by Gasteiger charge is 2.10. The normalized spacial score (nSPS) is 11.8. The van der Waals surface area contributed by atoms with Crippen molar-refractivity contribution in [2.24, 2.45) is 11.8 Å². The van der Waals surface area contributed by atoms with Crippen molar-refractivity contribution in [1.29, 1.82) is 0 Å². The Balaban J connectivity index is 0.000000240. The van der Waals surface area contributed by atoms with Gasteiger partial charge in [0.05, 0.1) is 24.2 Å². The van der Waals surface area contributed by atoms with Crippen LogP contribution in [0.4, 0.5) is 0 Å². The first-order valence-corrected chi connectivity index (χ1v) is 8.13.